The predicted octanol–water partition coefficient (Wildman–Crippen LogP) is 3.89. The Morgan fingerprint density at radius 1 is 1.06 bits per heavy atom. The third kappa shape index (κ3) is 3.65. The number of nitrogens with one attached hydrogen (secondary N) is 2. The van der Waals surface area contributed by atoms with Crippen LogP contribution in [0.25, 0.3) is 27.8 Å². The number of hydrogen-bond acceptors (Lipinski definition) is 5. The van der Waals surface area contributed by atoms with Gasteiger partial charge in [0, 0.05) is 22.6 Å². The molecule has 2 N–H and O–H groups in total. The van der Waals surface area contributed by atoms with Crippen molar-refractivity contribution in [2.75, 3.05) is 6.26 Å². The first-order chi connectivity index (χ1) is 15.6. The molecule has 0 aliphatic rings. The van der Waals surface area contributed by atoms with Gasteiger partial charge in [-0.1, -0.05) is 42.5 Å². The highest BCUT2D eigenvalue weighted by molar-refractivity contribution is 7.98. The van der Waals surface area contributed by atoms with Crippen LogP contribution in [0.4, 0.5) is 0 Å². The quantitative estimate of drug-likeness (QED) is 0.404. The molecule has 3 aromatic carbocycles. The van der Waals surface area contributed by atoms with Crippen molar-refractivity contribution < 1.29 is 4.79 Å². The Morgan fingerprint density at radius 2 is 1.84 bits per heavy atom. The number of H-pyrrole nitrogens is 1. The van der Waals surface area contributed by atoms with Crippen LogP contribution in [0.1, 0.15) is 15.9 Å². The van der Waals surface area contributed by atoms with Crippen molar-refractivity contribution in [3.63, 3.8) is 0 Å². The minimum atomic E-state index is -0.362. The lowest BCUT2D eigenvalue weighted by Crippen LogP contribution is -2.23. The number of aromatic amines is 1. The Hall–Kier alpha value is -3.91. The van der Waals surface area contributed by atoms with Crippen molar-refractivity contribution >= 4 is 34.2 Å². The smallest absolute Gasteiger partial charge is 0.281 e. The van der Waals surface area contributed by atoms with Crippen LogP contribution >= 0.6 is 11.8 Å². The number of aromatic nitrogens is 4. The van der Waals surface area contributed by atoms with Crippen molar-refractivity contribution in [2.24, 2.45) is 0 Å². The number of benzene rings is 3. The van der Waals surface area contributed by atoms with Gasteiger partial charge < -0.3 is 5.32 Å². The summed E-state index contributed by atoms with van der Waals surface area (Å²) in [6.07, 6.45) is 2.02. The van der Waals surface area contributed by atoms with E-state index in [1.807, 2.05) is 60.9 Å². The molecule has 0 radical (unpaired) electrons. The van der Waals surface area contributed by atoms with Crippen molar-refractivity contribution in [1.29, 1.82) is 0 Å². The molecule has 0 unspecified atom stereocenters. The van der Waals surface area contributed by atoms with Gasteiger partial charge in [-0.15, -0.1) is 11.8 Å². The Morgan fingerprint density at radius 3 is 2.59 bits per heavy atom. The average molecular weight is 442 g/mol. The van der Waals surface area contributed by atoms with Crippen LogP contribution in [-0.4, -0.2) is 32.0 Å². The van der Waals surface area contributed by atoms with Gasteiger partial charge in [-0.25, -0.2) is 9.73 Å². The summed E-state index contributed by atoms with van der Waals surface area (Å²) in [6.45, 7) is 0.416. The summed E-state index contributed by atoms with van der Waals surface area (Å²) in [5.74, 6) is -0.221. The molecule has 0 atom stereocenters. The fourth-order valence-electron chi connectivity index (χ4n) is 3.59. The van der Waals surface area contributed by atoms with Crippen LogP contribution in [0, 0.1) is 0 Å². The van der Waals surface area contributed by atoms with Gasteiger partial charge in [0.15, 0.2) is 5.65 Å². The number of carbonyl (C=O) groups excluding carboxylic acids is 1. The van der Waals surface area contributed by atoms with Crippen molar-refractivity contribution in [1.82, 2.24) is 25.1 Å². The molecule has 0 fully saturated rings. The largest absolute Gasteiger partial charge is 0.348 e. The maximum absolute atomic E-state index is 12.8. The second kappa shape index (κ2) is 8.32. The summed E-state index contributed by atoms with van der Waals surface area (Å²) < 4.78 is 1.64. The number of fused-ring (bicyclic) bond motifs is 3. The Labute approximate surface area is 187 Å². The van der Waals surface area contributed by atoms with E-state index < -0.39 is 0 Å². The average Bonchev–Trinajstić information content (AvgIpc) is 3.27. The Balaban J connectivity index is 1.49. The van der Waals surface area contributed by atoms with Gasteiger partial charge in [-0.2, -0.15) is 10.1 Å². The lowest BCUT2D eigenvalue weighted by Gasteiger charge is -2.08. The molecular weight excluding hydrogens is 422 g/mol. The maximum Gasteiger partial charge on any atom is 0.281 e. The molecule has 158 valence electrons. The molecule has 7 nitrogen and oxygen atoms in total. The number of rotatable bonds is 5. The van der Waals surface area contributed by atoms with E-state index in [1.165, 1.54) is 4.90 Å². The van der Waals surface area contributed by atoms with Crippen molar-refractivity contribution in [3.8, 4) is 11.3 Å². The fourth-order valence-corrected chi connectivity index (χ4v) is 4.00. The summed E-state index contributed by atoms with van der Waals surface area (Å²) in [6, 6.07) is 22.5. The van der Waals surface area contributed by atoms with Gasteiger partial charge in [0.1, 0.15) is 5.69 Å². The Bertz CT molecular complexity index is 1490. The van der Waals surface area contributed by atoms with E-state index >= 15 is 0 Å². The van der Waals surface area contributed by atoms with Gasteiger partial charge in [0.2, 0.25) is 0 Å². The summed E-state index contributed by atoms with van der Waals surface area (Å²) in [5.41, 5.74) is 3.49. The number of amides is 1. The molecule has 0 spiro atoms. The highest BCUT2D eigenvalue weighted by Gasteiger charge is 2.15. The highest BCUT2D eigenvalue weighted by atomic mass is 32.2. The second-order valence-corrected chi connectivity index (χ2v) is 8.14. The molecule has 2 heterocycles. The third-order valence-electron chi connectivity index (χ3n) is 5.28. The molecular formula is C24H19N5O2S. The molecule has 0 saturated carbocycles. The van der Waals surface area contributed by atoms with E-state index in [9.17, 15) is 9.59 Å². The zero-order valence-corrected chi connectivity index (χ0v) is 18.0. The lowest BCUT2D eigenvalue weighted by atomic mass is 10.1. The Kier molecular flexibility index (Phi) is 5.20. The van der Waals surface area contributed by atoms with Crippen LogP contribution in [0.2, 0.25) is 0 Å². The van der Waals surface area contributed by atoms with Gasteiger partial charge in [-0.05, 0) is 42.2 Å². The van der Waals surface area contributed by atoms with E-state index in [0.29, 0.717) is 34.4 Å². The number of carbonyl (C=O) groups is 1. The van der Waals surface area contributed by atoms with E-state index in [4.69, 9.17) is 0 Å². The number of thioether (sulfide) groups is 1. The number of hydrogen-bond donors (Lipinski definition) is 2. The first-order valence-electron chi connectivity index (χ1n) is 10.0. The number of nitrogens with zero attached hydrogens (tertiary/aromatic N) is 3. The minimum Gasteiger partial charge on any atom is -0.348 e. The predicted molar refractivity (Wildman–Crippen MR) is 126 cm³/mol. The molecule has 32 heavy (non-hydrogen) atoms. The van der Waals surface area contributed by atoms with Crippen LogP contribution in [0.3, 0.4) is 0 Å². The van der Waals surface area contributed by atoms with Gasteiger partial charge in [0.05, 0.1) is 10.9 Å². The standard InChI is InChI=1S/C24H19N5O2S/c1-32-18-10-7-15(8-11-18)14-25-23(30)17-9-12-19-20(13-17)29-22(26-24(19)31)21(27-28-29)16-5-3-2-4-6-16/h2-13,28H,14H2,1H3,(H,25,30). The van der Waals surface area contributed by atoms with Crippen LogP contribution < -0.4 is 10.9 Å². The zero-order valence-electron chi connectivity index (χ0n) is 17.2. The lowest BCUT2D eigenvalue weighted by molar-refractivity contribution is 0.0951. The zero-order chi connectivity index (χ0) is 22.1. The van der Waals surface area contributed by atoms with Crippen LogP contribution in [0.15, 0.2) is 82.5 Å². The second-order valence-electron chi connectivity index (χ2n) is 7.27. The third-order valence-corrected chi connectivity index (χ3v) is 6.03. The van der Waals surface area contributed by atoms with Gasteiger partial charge in [0.25, 0.3) is 11.5 Å². The highest BCUT2D eigenvalue weighted by Crippen LogP contribution is 2.22. The van der Waals surface area contributed by atoms with E-state index in [0.717, 1.165) is 11.1 Å². The molecule has 8 heteroatoms. The monoisotopic (exact) mass is 441 g/mol. The molecule has 2 aromatic heterocycles. The van der Waals surface area contributed by atoms with Crippen LogP contribution in [-0.2, 0) is 6.54 Å². The van der Waals surface area contributed by atoms with Gasteiger partial charge in [-0.3, -0.25) is 9.59 Å². The first kappa shape index (κ1) is 20.0. The SMILES string of the molecule is CSc1ccc(CNC(=O)c2ccc3c(=O)nc4c(-c5ccccc5)n[nH]n4c3c2)cc1. The summed E-state index contributed by atoms with van der Waals surface area (Å²) in [5, 5.41) is 10.6. The molecule has 5 rings (SSSR count). The van der Waals surface area contributed by atoms with E-state index in [-0.39, 0.29) is 11.5 Å². The fraction of sp³-hybridized carbons (Fsp3) is 0.0833. The van der Waals surface area contributed by atoms with Crippen molar-refractivity contribution in [3.05, 3.63) is 94.3 Å². The van der Waals surface area contributed by atoms with Crippen LogP contribution in [0.5, 0.6) is 0 Å². The normalized spacial score (nSPS) is 11.2. The van der Waals surface area contributed by atoms with E-state index in [1.54, 1.807) is 34.5 Å². The first-order valence-corrected chi connectivity index (χ1v) is 11.2. The minimum absolute atomic E-state index is 0.221. The molecule has 5 aromatic rings. The van der Waals surface area contributed by atoms with Gasteiger partial charge >= 0.3 is 0 Å². The summed E-state index contributed by atoms with van der Waals surface area (Å²) in [7, 11) is 0. The molecule has 1 amide bonds. The summed E-state index contributed by atoms with van der Waals surface area (Å²) in [4.78, 5) is 30.8. The molecule has 0 bridgehead atoms. The molecule has 0 aliphatic carbocycles. The maximum atomic E-state index is 12.8. The summed E-state index contributed by atoms with van der Waals surface area (Å²) >= 11 is 1.67. The topological polar surface area (TPSA) is 92.2 Å². The van der Waals surface area contributed by atoms with E-state index in [2.05, 4.69) is 20.6 Å². The van der Waals surface area contributed by atoms with Crippen molar-refractivity contribution in [2.45, 2.75) is 11.4 Å². The molecule has 0 saturated heterocycles. The molecule has 0 aliphatic heterocycles.